The standard InChI is InChI=1S/C10H16BrNO2/c1-12-10(14)8-4-2-7(3-5-8)9(13)6-11/h7-8H,2-6H2,1H3,(H,12,14). The van der Waals surface area contributed by atoms with Gasteiger partial charge in [-0.05, 0) is 25.7 Å². The molecule has 4 heteroatoms. The van der Waals surface area contributed by atoms with Gasteiger partial charge in [-0.1, -0.05) is 15.9 Å². The normalized spacial score (nSPS) is 27.0. The summed E-state index contributed by atoms with van der Waals surface area (Å²) < 4.78 is 0. The van der Waals surface area contributed by atoms with Gasteiger partial charge in [-0.15, -0.1) is 0 Å². The van der Waals surface area contributed by atoms with Gasteiger partial charge in [0.15, 0.2) is 0 Å². The van der Waals surface area contributed by atoms with Gasteiger partial charge in [0, 0.05) is 18.9 Å². The van der Waals surface area contributed by atoms with Gasteiger partial charge in [0.25, 0.3) is 0 Å². The van der Waals surface area contributed by atoms with Gasteiger partial charge in [0.2, 0.25) is 5.91 Å². The van der Waals surface area contributed by atoms with Crippen molar-refractivity contribution in [2.24, 2.45) is 11.8 Å². The summed E-state index contributed by atoms with van der Waals surface area (Å²) in [6.07, 6.45) is 3.43. The predicted molar refractivity (Wildman–Crippen MR) is 58.3 cm³/mol. The topological polar surface area (TPSA) is 46.2 Å². The van der Waals surface area contributed by atoms with Crippen LogP contribution in [0.3, 0.4) is 0 Å². The van der Waals surface area contributed by atoms with E-state index in [1.807, 2.05) is 0 Å². The molecule has 0 bridgehead atoms. The van der Waals surface area contributed by atoms with Crippen molar-refractivity contribution in [3.63, 3.8) is 0 Å². The fourth-order valence-corrected chi connectivity index (χ4v) is 2.45. The summed E-state index contributed by atoms with van der Waals surface area (Å²) in [7, 11) is 1.66. The highest BCUT2D eigenvalue weighted by molar-refractivity contribution is 9.09. The Labute approximate surface area is 92.8 Å². The quantitative estimate of drug-likeness (QED) is 0.783. The Balaban J connectivity index is 2.38. The number of nitrogens with one attached hydrogen (secondary N) is 1. The number of ketones is 1. The number of halogens is 1. The van der Waals surface area contributed by atoms with Crippen molar-refractivity contribution in [2.75, 3.05) is 12.4 Å². The molecule has 1 aliphatic carbocycles. The first-order chi connectivity index (χ1) is 6.69. The van der Waals surface area contributed by atoms with E-state index in [9.17, 15) is 9.59 Å². The van der Waals surface area contributed by atoms with E-state index >= 15 is 0 Å². The highest BCUT2D eigenvalue weighted by Crippen LogP contribution is 2.29. The van der Waals surface area contributed by atoms with Gasteiger partial charge in [0.1, 0.15) is 5.78 Å². The van der Waals surface area contributed by atoms with Crippen molar-refractivity contribution in [3.05, 3.63) is 0 Å². The lowest BCUT2D eigenvalue weighted by atomic mass is 9.80. The van der Waals surface area contributed by atoms with E-state index in [0.29, 0.717) is 5.33 Å². The molecule has 3 nitrogen and oxygen atoms in total. The molecule has 0 saturated heterocycles. The van der Waals surface area contributed by atoms with Crippen LogP contribution in [-0.4, -0.2) is 24.1 Å². The molecule has 1 fully saturated rings. The summed E-state index contributed by atoms with van der Waals surface area (Å²) in [5.41, 5.74) is 0. The zero-order valence-electron chi connectivity index (χ0n) is 8.38. The lowest BCUT2D eigenvalue weighted by Crippen LogP contribution is -2.32. The molecule has 0 aromatic carbocycles. The Bertz CT molecular complexity index is 198. The lowest BCUT2D eigenvalue weighted by molar-refractivity contribution is -0.128. The van der Waals surface area contributed by atoms with Crippen LogP contribution in [0.2, 0.25) is 0 Å². The number of Topliss-reactive ketones (excluding diaryl/α,β-unsaturated/α-hetero) is 1. The zero-order chi connectivity index (χ0) is 10.6. The van der Waals surface area contributed by atoms with Gasteiger partial charge in [0.05, 0.1) is 5.33 Å². The minimum Gasteiger partial charge on any atom is -0.359 e. The number of hydrogen-bond acceptors (Lipinski definition) is 2. The van der Waals surface area contributed by atoms with Gasteiger partial charge < -0.3 is 5.32 Å². The molecule has 0 spiro atoms. The average Bonchev–Trinajstić information content (AvgIpc) is 2.27. The van der Waals surface area contributed by atoms with Crippen LogP contribution in [0.25, 0.3) is 0 Å². The number of rotatable bonds is 3. The van der Waals surface area contributed by atoms with Crippen LogP contribution in [0.4, 0.5) is 0 Å². The van der Waals surface area contributed by atoms with Gasteiger partial charge >= 0.3 is 0 Å². The van der Waals surface area contributed by atoms with Crippen LogP contribution >= 0.6 is 15.9 Å². The lowest BCUT2D eigenvalue weighted by Gasteiger charge is -2.25. The van der Waals surface area contributed by atoms with Crippen molar-refractivity contribution in [3.8, 4) is 0 Å². The number of carbonyl (C=O) groups is 2. The number of carbonyl (C=O) groups excluding carboxylic acids is 2. The minimum atomic E-state index is 0.120. The zero-order valence-corrected chi connectivity index (χ0v) is 9.97. The highest BCUT2D eigenvalue weighted by atomic mass is 79.9. The second-order valence-electron chi connectivity index (χ2n) is 3.76. The summed E-state index contributed by atoms with van der Waals surface area (Å²) in [4.78, 5) is 22.7. The summed E-state index contributed by atoms with van der Waals surface area (Å²) >= 11 is 3.18. The molecule has 0 radical (unpaired) electrons. The van der Waals surface area contributed by atoms with E-state index in [-0.39, 0.29) is 23.5 Å². The van der Waals surface area contributed by atoms with E-state index in [2.05, 4.69) is 21.2 Å². The first-order valence-electron chi connectivity index (χ1n) is 4.99. The number of hydrogen-bond donors (Lipinski definition) is 1. The molecule has 0 unspecified atom stereocenters. The molecular formula is C10H16BrNO2. The van der Waals surface area contributed by atoms with Crippen LogP contribution in [0.15, 0.2) is 0 Å². The van der Waals surface area contributed by atoms with E-state index in [0.717, 1.165) is 25.7 Å². The van der Waals surface area contributed by atoms with E-state index < -0.39 is 0 Å². The Hall–Kier alpha value is -0.380. The third-order valence-electron chi connectivity index (χ3n) is 2.93. The largest absolute Gasteiger partial charge is 0.359 e. The van der Waals surface area contributed by atoms with Gasteiger partial charge in [-0.3, -0.25) is 9.59 Å². The Kier molecular flexibility index (Phi) is 4.58. The van der Waals surface area contributed by atoms with Crippen LogP contribution < -0.4 is 5.32 Å². The maximum absolute atomic E-state index is 11.4. The summed E-state index contributed by atoms with van der Waals surface area (Å²) in [6, 6.07) is 0. The van der Waals surface area contributed by atoms with Crippen LogP contribution in [0.5, 0.6) is 0 Å². The van der Waals surface area contributed by atoms with Crippen LogP contribution in [-0.2, 0) is 9.59 Å². The fraction of sp³-hybridized carbons (Fsp3) is 0.800. The first kappa shape index (κ1) is 11.7. The molecule has 0 aliphatic heterocycles. The van der Waals surface area contributed by atoms with Crippen molar-refractivity contribution >= 4 is 27.6 Å². The molecule has 1 aliphatic rings. The number of amides is 1. The smallest absolute Gasteiger partial charge is 0.222 e. The van der Waals surface area contributed by atoms with Crippen molar-refractivity contribution in [1.82, 2.24) is 5.32 Å². The molecule has 0 heterocycles. The van der Waals surface area contributed by atoms with Crippen molar-refractivity contribution in [2.45, 2.75) is 25.7 Å². The molecular weight excluding hydrogens is 246 g/mol. The van der Waals surface area contributed by atoms with Crippen LogP contribution in [0.1, 0.15) is 25.7 Å². The second-order valence-corrected chi connectivity index (χ2v) is 4.32. The van der Waals surface area contributed by atoms with Crippen LogP contribution in [0, 0.1) is 11.8 Å². The molecule has 0 aromatic heterocycles. The maximum Gasteiger partial charge on any atom is 0.222 e. The van der Waals surface area contributed by atoms with E-state index in [1.54, 1.807) is 7.05 Å². The summed E-state index contributed by atoms with van der Waals surface area (Å²) in [5.74, 6) is 0.699. The molecule has 0 aromatic rings. The Morgan fingerprint density at radius 1 is 1.21 bits per heavy atom. The maximum atomic E-state index is 11.4. The first-order valence-corrected chi connectivity index (χ1v) is 6.11. The average molecular weight is 262 g/mol. The monoisotopic (exact) mass is 261 g/mol. The van der Waals surface area contributed by atoms with E-state index in [1.165, 1.54) is 0 Å². The molecule has 80 valence electrons. The summed E-state index contributed by atoms with van der Waals surface area (Å²) in [6.45, 7) is 0. The van der Waals surface area contributed by atoms with Gasteiger partial charge in [-0.25, -0.2) is 0 Å². The molecule has 1 saturated carbocycles. The highest BCUT2D eigenvalue weighted by Gasteiger charge is 2.28. The molecule has 1 N–H and O–H groups in total. The Morgan fingerprint density at radius 2 is 1.71 bits per heavy atom. The predicted octanol–water partition coefficient (Wildman–Crippen LogP) is 1.50. The molecule has 1 amide bonds. The number of alkyl halides is 1. The third kappa shape index (κ3) is 2.80. The fourth-order valence-electron chi connectivity index (χ4n) is 1.99. The van der Waals surface area contributed by atoms with Gasteiger partial charge in [-0.2, -0.15) is 0 Å². The van der Waals surface area contributed by atoms with Crippen molar-refractivity contribution < 1.29 is 9.59 Å². The Morgan fingerprint density at radius 3 is 2.14 bits per heavy atom. The minimum absolute atomic E-state index is 0.120. The third-order valence-corrected chi connectivity index (χ3v) is 3.48. The van der Waals surface area contributed by atoms with Crippen molar-refractivity contribution in [1.29, 1.82) is 0 Å². The molecule has 14 heavy (non-hydrogen) atoms. The molecule has 0 atom stereocenters. The second kappa shape index (κ2) is 5.49. The molecule has 1 rings (SSSR count). The SMILES string of the molecule is CNC(=O)C1CCC(C(=O)CBr)CC1. The summed E-state index contributed by atoms with van der Waals surface area (Å²) in [5, 5.41) is 3.11. The van der Waals surface area contributed by atoms with E-state index in [4.69, 9.17) is 0 Å².